The second-order valence-corrected chi connectivity index (χ2v) is 9.08. The highest BCUT2D eigenvalue weighted by molar-refractivity contribution is 7.89. The van der Waals surface area contributed by atoms with Crippen LogP contribution in [0.3, 0.4) is 0 Å². The van der Waals surface area contributed by atoms with Crippen molar-refractivity contribution in [3.8, 4) is 0 Å². The Balaban J connectivity index is 1.76. The van der Waals surface area contributed by atoms with Crippen LogP contribution in [-0.4, -0.2) is 60.4 Å². The van der Waals surface area contributed by atoms with E-state index in [1.807, 2.05) is 0 Å². The molecule has 3 rings (SSSR count). The molecule has 9 nitrogen and oxygen atoms in total. The summed E-state index contributed by atoms with van der Waals surface area (Å²) in [5.41, 5.74) is -0.543. The van der Waals surface area contributed by atoms with Crippen molar-refractivity contribution < 1.29 is 27.3 Å². The number of hydrogen-bond acceptors (Lipinski definition) is 6. The number of carbonyl (C=O) groups is 2. The van der Waals surface area contributed by atoms with Crippen LogP contribution >= 0.6 is 0 Å². The predicted molar refractivity (Wildman–Crippen MR) is 109 cm³/mol. The Labute approximate surface area is 178 Å². The van der Waals surface area contributed by atoms with Crippen molar-refractivity contribution in [2.45, 2.75) is 18.7 Å². The number of hydrogen-bond donors (Lipinski definition) is 0. The number of amides is 1. The van der Waals surface area contributed by atoms with Crippen LogP contribution in [0.4, 0.5) is 10.1 Å². The molecule has 1 saturated heterocycles. The third-order valence-corrected chi connectivity index (χ3v) is 7.06. The van der Waals surface area contributed by atoms with Crippen LogP contribution in [-0.2, 0) is 10.0 Å². The molecule has 0 unspecified atom stereocenters. The van der Waals surface area contributed by atoms with Gasteiger partial charge >= 0.3 is 0 Å². The Morgan fingerprint density at radius 1 is 1.06 bits per heavy atom. The Hall–Kier alpha value is -3.18. The van der Waals surface area contributed by atoms with E-state index in [9.17, 15) is 32.5 Å². The number of carbonyl (C=O) groups excluding carboxylic acids is 2. The molecule has 11 heteroatoms. The van der Waals surface area contributed by atoms with Gasteiger partial charge in [0.05, 0.1) is 15.4 Å². The molecule has 1 heterocycles. The Morgan fingerprint density at radius 3 is 2.29 bits per heavy atom. The van der Waals surface area contributed by atoms with E-state index >= 15 is 0 Å². The molecule has 164 valence electrons. The molecule has 0 bridgehead atoms. The van der Waals surface area contributed by atoms with Crippen LogP contribution < -0.4 is 0 Å². The summed E-state index contributed by atoms with van der Waals surface area (Å²) in [6.45, 7) is 2.66. The average molecular weight is 449 g/mol. The first-order valence-electron chi connectivity index (χ1n) is 9.37. The lowest BCUT2D eigenvalue weighted by Gasteiger charge is -2.34. The zero-order chi connectivity index (χ0) is 22.9. The fourth-order valence-corrected chi connectivity index (χ4v) is 4.78. The summed E-state index contributed by atoms with van der Waals surface area (Å²) in [7, 11) is -3.87. The van der Waals surface area contributed by atoms with E-state index in [4.69, 9.17) is 0 Å². The van der Waals surface area contributed by atoms with E-state index in [0.717, 1.165) is 12.1 Å². The summed E-state index contributed by atoms with van der Waals surface area (Å²) in [6, 6.07) is 7.69. The van der Waals surface area contributed by atoms with Gasteiger partial charge in [0.1, 0.15) is 5.82 Å². The van der Waals surface area contributed by atoms with Gasteiger partial charge in [-0.2, -0.15) is 4.31 Å². The van der Waals surface area contributed by atoms with E-state index < -0.39 is 32.4 Å². The van der Waals surface area contributed by atoms with Crippen molar-refractivity contribution in [1.29, 1.82) is 0 Å². The van der Waals surface area contributed by atoms with E-state index in [2.05, 4.69) is 0 Å². The molecule has 2 aromatic rings. The topological polar surface area (TPSA) is 118 Å². The van der Waals surface area contributed by atoms with Crippen LogP contribution in [0.5, 0.6) is 0 Å². The van der Waals surface area contributed by atoms with E-state index in [1.54, 1.807) is 0 Å². The summed E-state index contributed by atoms with van der Waals surface area (Å²) < 4.78 is 41.0. The van der Waals surface area contributed by atoms with Gasteiger partial charge in [-0.3, -0.25) is 19.7 Å². The van der Waals surface area contributed by atoms with Gasteiger partial charge in [0.25, 0.3) is 11.6 Å². The van der Waals surface area contributed by atoms with Gasteiger partial charge in [0.2, 0.25) is 10.0 Å². The average Bonchev–Trinajstić information content (AvgIpc) is 2.75. The van der Waals surface area contributed by atoms with Crippen molar-refractivity contribution in [2.75, 3.05) is 26.2 Å². The van der Waals surface area contributed by atoms with Crippen LogP contribution in [0.2, 0.25) is 0 Å². The standard InChI is InChI=1S/C20H20FN3O6S/c1-13-18(21)11-16(12-19(13)24(27)28)20(26)22-6-8-23(9-7-22)31(29,30)17-5-3-4-15(10-17)14(2)25/h3-5,10-12H,6-9H2,1-2H3. The zero-order valence-corrected chi connectivity index (χ0v) is 17.7. The molecule has 31 heavy (non-hydrogen) atoms. The molecule has 0 aromatic heterocycles. The third-order valence-electron chi connectivity index (χ3n) is 5.16. The normalized spacial score (nSPS) is 15.0. The van der Waals surface area contributed by atoms with Gasteiger partial charge in [0, 0.05) is 43.4 Å². The predicted octanol–water partition coefficient (Wildman–Crippen LogP) is 2.39. The number of benzene rings is 2. The summed E-state index contributed by atoms with van der Waals surface area (Å²) in [4.78, 5) is 35.9. The summed E-state index contributed by atoms with van der Waals surface area (Å²) in [6.07, 6.45) is 0. The molecule has 1 fully saturated rings. The van der Waals surface area contributed by atoms with Crippen molar-refractivity contribution in [3.05, 3.63) is 69.0 Å². The second kappa shape index (κ2) is 8.52. The fraction of sp³-hybridized carbons (Fsp3) is 0.300. The Bertz CT molecular complexity index is 1170. The minimum Gasteiger partial charge on any atom is -0.336 e. The SMILES string of the molecule is CC(=O)c1cccc(S(=O)(=O)N2CCN(C(=O)c3cc(F)c(C)c([N+](=O)[O-])c3)CC2)c1. The van der Waals surface area contributed by atoms with Crippen molar-refractivity contribution >= 4 is 27.4 Å². The van der Waals surface area contributed by atoms with Crippen LogP contribution in [0.15, 0.2) is 41.3 Å². The fourth-order valence-electron chi connectivity index (χ4n) is 3.32. The first kappa shape index (κ1) is 22.5. The molecule has 1 aliphatic heterocycles. The molecule has 0 N–H and O–H groups in total. The van der Waals surface area contributed by atoms with E-state index in [-0.39, 0.29) is 53.5 Å². The van der Waals surface area contributed by atoms with Gasteiger partial charge in [-0.15, -0.1) is 0 Å². The summed E-state index contributed by atoms with van der Waals surface area (Å²) >= 11 is 0. The largest absolute Gasteiger partial charge is 0.336 e. The quantitative estimate of drug-likeness (QED) is 0.393. The lowest BCUT2D eigenvalue weighted by Crippen LogP contribution is -2.50. The van der Waals surface area contributed by atoms with Crippen LogP contribution in [0.25, 0.3) is 0 Å². The Kier molecular flexibility index (Phi) is 6.18. The first-order valence-corrected chi connectivity index (χ1v) is 10.8. The maximum absolute atomic E-state index is 14.0. The summed E-state index contributed by atoms with van der Waals surface area (Å²) in [5, 5.41) is 11.1. The van der Waals surface area contributed by atoms with Crippen molar-refractivity contribution in [2.24, 2.45) is 0 Å². The second-order valence-electron chi connectivity index (χ2n) is 7.14. The monoisotopic (exact) mass is 449 g/mol. The third kappa shape index (κ3) is 4.47. The van der Waals surface area contributed by atoms with Gasteiger partial charge < -0.3 is 4.90 Å². The molecular formula is C20H20FN3O6S. The minimum absolute atomic E-state index is 0.00515. The number of Topliss-reactive ketones (excluding diaryl/α,β-unsaturated/α-hetero) is 1. The minimum atomic E-state index is -3.87. The maximum atomic E-state index is 14.0. The number of nitrogens with zero attached hydrogens (tertiary/aromatic N) is 3. The highest BCUT2D eigenvalue weighted by Crippen LogP contribution is 2.25. The highest BCUT2D eigenvalue weighted by atomic mass is 32.2. The maximum Gasteiger partial charge on any atom is 0.276 e. The lowest BCUT2D eigenvalue weighted by atomic mass is 10.1. The van der Waals surface area contributed by atoms with Crippen molar-refractivity contribution in [3.63, 3.8) is 0 Å². The van der Waals surface area contributed by atoms with E-state index in [1.165, 1.54) is 47.3 Å². The molecule has 1 amide bonds. The molecule has 1 aliphatic rings. The molecule has 0 saturated carbocycles. The van der Waals surface area contributed by atoms with Crippen LogP contribution in [0.1, 0.15) is 33.2 Å². The summed E-state index contributed by atoms with van der Waals surface area (Å²) in [5.74, 6) is -1.73. The smallest absolute Gasteiger partial charge is 0.276 e. The van der Waals surface area contributed by atoms with Gasteiger partial charge in [-0.1, -0.05) is 12.1 Å². The lowest BCUT2D eigenvalue weighted by molar-refractivity contribution is -0.385. The number of rotatable bonds is 5. The molecular weight excluding hydrogens is 429 g/mol. The molecule has 0 atom stereocenters. The first-order chi connectivity index (χ1) is 14.5. The van der Waals surface area contributed by atoms with Gasteiger partial charge in [-0.05, 0) is 32.0 Å². The molecule has 0 spiro atoms. The number of piperazine rings is 1. The van der Waals surface area contributed by atoms with Gasteiger partial charge in [0.15, 0.2) is 5.78 Å². The van der Waals surface area contributed by atoms with Crippen molar-refractivity contribution in [1.82, 2.24) is 9.21 Å². The zero-order valence-electron chi connectivity index (χ0n) is 16.9. The number of halogens is 1. The highest BCUT2D eigenvalue weighted by Gasteiger charge is 2.31. The van der Waals surface area contributed by atoms with E-state index in [0.29, 0.717) is 0 Å². The molecule has 2 aromatic carbocycles. The van der Waals surface area contributed by atoms with Crippen LogP contribution in [0, 0.1) is 22.9 Å². The van der Waals surface area contributed by atoms with Gasteiger partial charge in [-0.25, -0.2) is 12.8 Å². The number of ketones is 1. The molecule has 0 radical (unpaired) electrons. The Morgan fingerprint density at radius 2 is 1.71 bits per heavy atom. The number of nitro groups is 1. The number of nitro benzene ring substituents is 1. The number of sulfonamides is 1. The molecule has 0 aliphatic carbocycles.